The summed E-state index contributed by atoms with van der Waals surface area (Å²) < 4.78 is 0. The highest BCUT2D eigenvalue weighted by atomic mass is 32.1. The standard InChI is InChI=1S/C13H20N2S/c1-9-4-5-11-12(7-9)16-13(15-11)10-3-2-6-14-8-10/h9-10,14H,2-8H2,1H3. The second-order valence-electron chi connectivity index (χ2n) is 5.31. The van der Waals surface area contributed by atoms with Gasteiger partial charge in [0.15, 0.2) is 0 Å². The molecule has 0 spiro atoms. The van der Waals surface area contributed by atoms with E-state index in [0.29, 0.717) is 5.92 Å². The van der Waals surface area contributed by atoms with Crippen LogP contribution in [0.25, 0.3) is 0 Å². The van der Waals surface area contributed by atoms with Gasteiger partial charge in [0.25, 0.3) is 0 Å². The molecule has 1 aromatic rings. The molecular formula is C13H20N2S. The minimum atomic E-state index is 0.694. The van der Waals surface area contributed by atoms with Crippen molar-refractivity contribution in [3.8, 4) is 0 Å². The number of hydrogen-bond donors (Lipinski definition) is 1. The largest absolute Gasteiger partial charge is 0.316 e. The monoisotopic (exact) mass is 236 g/mol. The van der Waals surface area contributed by atoms with E-state index >= 15 is 0 Å². The lowest BCUT2D eigenvalue weighted by atomic mass is 9.93. The van der Waals surface area contributed by atoms with Crippen LogP contribution in [-0.4, -0.2) is 18.1 Å². The lowest BCUT2D eigenvalue weighted by Crippen LogP contribution is -2.28. The normalized spacial score (nSPS) is 30.1. The van der Waals surface area contributed by atoms with E-state index < -0.39 is 0 Å². The van der Waals surface area contributed by atoms with E-state index in [1.54, 1.807) is 4.88 Å². The second-order valence-corrected chi connectivity index (χ2v) is 6.43. The van der Waals surface area contributed by atoms with Gasteiger partial charge in [0.1, 0.15) is 0 Å². The van der Waals surface area contributed by atoms with Crippen LogP contribution in [0.5, 0.6) is 0 Å². The Labute approximate surface area is 101 Å². The van der Waals surface area contributed by atoms with Gasteiger partial charge in [-0.3, -0.25) is 0 Å². The molecule has 0 amide bonds. The molecule has 2 unspecified atom stereocenters. The first-order valence-electron chi connectivity index (χ1n) is 6.52. The van der Waals surface area contributed by atoms with Crippen LogP contribution in [-0.2, 0) is 12.8 Å². The SMILES string of the molecule is CC1CCc2nc(C3CCCNC3)sc2C1. The summed E-state index contributed by atoms with van der Waals surface area (Å²) in [6.45, 7) is 4.70. The lowest BCUT2D eigenvalue weighted by molar-refractivity contribution is 0.458. The Hall–Kier alpha value is -0.410. The number of nitrogens with one attached hydrogen (secondary N) is 1. The summed E-state index contributed by atoms with van der Waals surface area (Å²) in [6.07, 6.45) is 6.46. The maximum absolute atomic E-state index is 4.89. The van der Waals surface area contributed by atoms with Crippen LogP contribution in [0.2, 0.25) is 0 Å². The van der Waals surface area contributed by atoms with E-state index in [-0.39, 0.29) is 0 Å². The van der Waals surface area contributed by atoms with Crippen molar-refractivity contribution < 1.29 is 0 Å². The highest BCUT2D eigenvalue weighted by molar-refractivity contribution is 7.11. The molecule has 3 rings (SSSR count). The van der Waals surface area contributed by atoms with Crippen molar-refractivity contribution in [1.82, 2.24) is 10.3 Å². The number of nitrogens with zero attached hydrogens (tertiary/aromatic N) is 1. The van der Waals surface area contributed by atoms with Crippen molar-refractivity contribution in [1.29, 1.82) is 0 Å². The Morgan fingerprint density at radius 2 is 2.31 bits per heavy atom. The van der Waals surface area contributed by atoms with E-state index in [9.17, 15) is 0 Å². The van der Waals surface area contributed by atoms with Crippen molar-refractivity contribution in [2.24, 2.45) is 5.92 Å². The van der Waals surface area contributed by atoms with Crippen molar-refractivity contribution in [3.63, 3.8) is 0 Å². The summed E-state index contributed by atoms with van der Waals surface area (Å²) in [5.41, 5.74) is 1.42. The van der Waals surface area contributed by atoms with Crippen LogP contribution in [0.4, 0.5) is 0 Å². The van der Waals surface area contributed by atoms with Crippen molar-refractivity contribution in [3.05, 3.63) is 15.6 Å². The minimum absolute atomic E-state index is 0.694. The highest BCUT2D eigenvalue weighted by Gasteiger charge is 2.24. The zero-order chi connectivity index (χ0) is 11.0. The van der Waals surface area contributed by atoms with Crippen LogP contribution < -0.4 is 5.32 Å². The van der Waals surface area contributed by atoms with Gasteiger partial charge >= 0.3 is 0 Å². The molecule has 16 heavy (non-hydrogen) atoms. The number of aryl methyl sites for hydroxylation is 1. The predicted octanol–water partition coefficient (Wildman–Crippen LogP) is 2.73. The van der Waals surface area contributed by atoms with Crippen molar-refractivity contribution in [2.45, 2.75) is 44.9 Å². The van der Waals surface area contributed by atoms with Gasteiger partial charge in [0.05, 0.1) is 10.7 Å². The Kier molecular flexibility index (Phi) is 2.99. The van der Waals surface area contributed by atoms with Gasteiger partial charge in [0.2, 0.25) is 0 Å². The van der Waals surface area contributed by atoms with Gasteiger partial charge in [0, 0.05) is 17.3 Å². The molecule has 2 heterocycles. The Morgan fingerprint density at radius 3 is 3.12 bits per heavy atom. The molecule has 88 valence electrons. The summed E-state index contributed by atoms with van der Waals surface area (Å²) in [5, 5.41) is 4.90. The van der Waals surface area contributed by atoms with Gasteiger partial charge in [-0.1, -0.05) is 6.92 Å². The van der Waals surface area contributed by atoms with Gasteiger partial charge in [-0.15, -0.1) is 11.3 Å². The van der Waals surface area contributed by atoms with E-state index in [1.807, 2.05) is 11.3 Å². The fourth-order valence-electron chi connectivity index (χ4n) is 2.80. The second kappa shape index (κ2) is 4.46. The minimum Gasteiger partial charge on any atom is -0.316 e. The summed E-state index contributed by atoms with van der Waals surface area (Å²) in [6, 6.07) is 0. The van der Waals surface area contributed by atoms with Crippen LogP contribution in [0.3, 0.4) is 0 Å². The molecule has 1 fully saturated rings. The molecule has 2 aliphatic rings. The maximum atomic E-state index is 4.89. The molecule has 0 bridgehead atoms. The predicted molar refractivity (Wildman–Crippen MR) is 68.1 cm³/mol. The summed E-state index contributed by atoms with van der Waals surface area (Å²) in [4.78, 5) is 6.47. The number of rotatable bonds is 1. The average Bonchev–Trinajstić information content (AvgIpc) is 2.73. The first-order valence-corrected chi connectivity index (χ1v) is 7.34. The number of thiazole rings is 1. The number of aromatic nitrogens is 1. The molecule has 1 saturated heterocycles. The van der Waals surface area contributed by atoms with E-state index in [1.165, 1.54) is 49.4 Å². The Bertz CT molecular complexity index is 366. The summed E-state index contributed by atoms with van der Waals surface area (Å²) in [7, 11) is 0. The van der Waals surface area contributed by atoms with Crippen LogP contribution >= 0.6 is 11.3 Å². The molecule has 0 saturated carbocycles. The Morgan fingerprint density at radius 1 is 1.38 bits per heavy atom. The van der Waals surface area contributed by atoms with Crippen molar-refractivity contribution in [2.75, 3.05) is 13.1 Å². The third kappa shape index (κ3) is 2.03. The first-order chi connectivity index (χ1) is 7.83. The fourth-order valence-corrected chi connectivity index (χ4v) is 4.21. The molecule has 1 aliphatic carbocycles. The number of fused-ring (bicyclic) bond motifs is 1. The molecular weight excluding hydrogens is 216 g/mol. The van der Waals surface area contributed by atoms with Gasteiger partial charge in [-0.2, -0.15) is 0 Å². The fraction of sp³-hybridized carbons (Fsp3) is 0.769. The smallest absolute Gasteiger partial charge is 0.0974 e. The Balaban J connectivity index is 1.80. The molecule has 0 aromatic carbocycles. The third-order valence-corrected chi connectivity index (χ3v) is 5.13. The zero-order valence-electron chi connectivity index (χ0n) is 9.96. The summed E-state index contributed by atoms with van der Waals surface area (Å²) >= 11 is 1.99. The number of piperidine rings is 1. The molecule has 2 atom stereocenters. The topological polar surface area (TPSA) is 24.9 Å². The van der Waals surface area contributed by atoms with Crippen LogP contribution in [0, 0.1) is 5.92 Å². The van der Waals surface area contributed by atoms with Crippen LogP contribution in [0.1, 0.15) is 47.7 Å². The quantitative estimate of drug-likeness (QED) is 0.811. The number of hydrogen-bond acceptors (Lipinski definition) is 3. The average molecular weight is 236 g/mol. The van der Waals surface area contributed by atoms with E-state index in [2.05, 4.69) is 12.2 Å². The lowest BCUT2D eigenvalue weighted by Gasteiger charge is -2.20. The van der Waals surface area contributed by atoms with E-state index in [0.717, 1.165) is 12.5 Å². The van der Waals surface area contributed by atoms with E-state index in [4.69, 9.17) is 4.98 Å². The molecule has 1 aromatic heterocycles. The summed E-state index contributed by atoms with van der Waals surface area (Å²) in [5.74, 6) is 1.56. The zero-order valence-corrected chi connectivity index (χ0v) is 10.8. The molecule has 2 nitrogen and oxygen atoms in total. The highest BCUT2D eigenvalue weighted by Crippen LogP contribution is 2.34. The first kappa shape index (κ1) is 10.7. The third-order valence-electron chi connectivity index (χ3n) is 3.85. The van der Waals surface area contributed by atoms with Gasteiger partial charge in [-0.25, -0.2) is 4.98 Å². The van der Waals surface area contributed by atoms with Crippen LogP contribution in [0.15, 0.2) is 0 Å². The van der Waals surface area contributed by atoms with Gasteiger partial charge < -0.3 is 5.32 Å². The molecule has 1 aliphatic heterocycles. The van der Waals surface area contributed by atoms with Gasteiger partial charge in [-0.05, 0) is 44.6 Å². The maximum Gasteiger partial charge on any atom is 0.0974 e. The molecule has 1 N–H and O–H groups in total. The molecule has 3 heteroatoms. The molecule has 0 radical (unpaired) electrons. The van der Waals surface area contributed by atoms with Crippen molar-refractivity contribution >= 4 is 11.3 Å².